The minimum absolute atomic E-state index is 0.179. The van der Waals surface area contributed by atoms with Gasteiger partial charge in [0, 0.05) is 41.5 Å². The molecule has 120 valence electrons. The molecule has 0 aliphatic carbocycles. The molecule has 1 atom stereocenters. The van der Waals surface area contributed by atoms with E-state index in [0.29, 0.717) is 11.7 Å². The highest BCUT2D eigenvalue weighted by molar-refractivity contribution is 7.99. The number of carbonyl (C=O) groups excluding carboxylic acids is 1. The molecule has 1 fully saturated rings. The molecular weight excluding hydrogens is 328 g/mol. The number of thioether (sulfide) groups is 1. The molecule has 0 unspecified atom stereocenters. The monoisotopic (exact) mass is 346 g/mol. The van der Waals surface area contributed by atoms with Crippen molar-refractivity contribution in [3.05, 3.63) is 64.9 Å². The summed E-state index contributed by atoms with van der Waals surface area (Å²) >= 11 is 8.20. The summed E-state index contributed by atoms with van der Waals surface area (Å²) < 4.78 is 0. The van der Waals surface area contributed by atoms with E-state index in [9.17, 15) is 4.79 Å². The smallest absolute Gasteiger partial charge is 0.227 e. The van der Waals surface area contributed by atoms with Crippen molar-refractivity contribution < 1.29 is 4.79 Å². The summed E-state index contributed by atoms with van der Waals surface area (Å²) in [6.07, 6.45) is 4.85. The molecule has 2 heterocycles. The summed E-state index contributed by atoms with van der Waals surface area (Å²) in [6.45, 7) is 1.58. The van der Waals surface area contributed by atoms with Gasteiger partial charge >= 0.3 is 0 Å². The largest absolute Gasteiger partial charge is 0.342 e. The van der Waals surface area contributed by atoms with Crippen LogP contribution in [-0.2, 0) is 11.2 Å². The molecule has 3 rings (SSSR count). The zero-order valence-electron chi connectivity index (χ0n) is 12.8. The van der Waals surface area contributed by atoms with Crippen LogP contribution in [0, 0.1) is 0 Å². The minimum atomic E-state index is 0.179. The van der Waals surface area contributed by atoms with Gasteiger partial charge in [0.1, 0.15) is 0 Å². The van der Waals surface area contributed by atoms with Crippen molar-refractivity contribution in [1.82, 2.24) is 9.88 Å². The second-order valence-electron chi connectivity index (χ2n) is 5.59. The van der Waals surface area contributed by atoms with E-state index in [2.05, 4.69) is 11.1 Å². The van der Waals surface area contributed by atoms with Crippen molar-refractivity contribution in [3.63, 3.8) is 0 Å². The van der Waals surface area contributed by atoms with Gasteiger partial charge in [0.15, 0.2) is 0 Å². The number of amides is 1. The molecule has 0 radical (unpaired) electrons. The number of halogens is 1. The van der Waals surface area contributed by atoms with Crippen molar-refractivity contribution in [1.29, 1.82) is 0 Å². The quantitative estimate of drug-likeness (QED) is 0.842. The van der Waals surface area contributed by atoms with Gasteiger partial charge in [-0.2, -0.15) is 11.8 Å². The fourth-order valence-electron chi connectivity index (χ4n) is 2.79. The first-order valence-electron chi connectivity index (χ1n) is 7.77. The summed E-state index contributed by atoms with van der Waals surface area (Å²) in [4.78, 5) is 18.5. The Hall–Kier alpha value is -1.52. The summed E-state index contributed by atoms with van der Waals surface area (Å²) in [5, 5.41) is 1.18. The summed E-state index contributed by atoms with van der Waals surface area (Å²) in [7, 11) is 0. The Bertz CT molecular complexity index is 665. The lowest BCUT2D eigenvalue weighted by molar-refractivity contribution is -0.130. The highest BCUT2D eigenvalue weighted by atomic mass is 35.5. The van der Waals surface area contributed by atoms with Crippen LogP contribution >= 0.6 is 23.4 Å². The standard InChI is InChI=1S/C18H19ClN2OS/c19-16-6-2-1-5-15(16)17-7-9-21(10-11-23-17)18(22)12-14-4-3-8-20-13-14/h1-6,8,13,17H,7,9-12H2/t17-/m1/s1. The molecule has 23 heavy (non-hydrogen) atoms. The Labute approximate surface area is 146 Å². The zero-order chi connectivity index (χ0) is 16.1. The minimum Gasteiger partial charge on any atom is -0.342 e. The van der Waals surface area contributed by atoms with Crippen molar-refractivity contribution in [2.24, 2.45) is 0 Å². The summed E-state index contributed by atoms with van der Waals surface area (Å²) in [5.41, 5.74) is 2.15. The lowest BCUT2D eigenvalue weighted by atomic mass is 10.1. The molecule has 3 nitrogen and oxygen atoms in total. The summed E-state index contributed by atoms with van der Waals surface area (Å²) in [6, 6.07) is 11.8. The number of carbonyl (C=O) groups is 1. The van der Waals surface area contributed by atoms with Gasteiger partial charge in [-0.05, 0) is 29.7 Å². The maximum Gasteiger partial charge on any atom is 0.227 e. The summed E-state index contributed by atoms with van der Waals surface area (Å²) in [5.74, 6) is 1.12. The van der Waals surface area contributed by atoms with Gasteiger partial charge in [-0.3, -0.25) is 9.78 Å². The molecule has 5 heteroatoms. The van der Waals surface area contributed by atoms with Crippen molar-refractivity contribution >= 4 is 29.3 Å². The van der Waals surface area contributed by atoms with Gasteiger partial charge in [0.25, 0.3) is 0 Å². The lowest BCUT2D eigenvalue weighted by Gasteiger charge is -2.20. The third-order valence-corrected chi connectivity index (χ3v) is 5.68. The SMILES string of the molecule is O=C(Cc1cccnc1)N1CCS[C@@H](c2ccccc2Cl)CC1. The van der Waals surface area contributed by atoms with Crippen molar-refractivity contribution in [2.45, 2.75) is 18.1 Å². The Morgan fingerprint density at radius 2 is 2.13 bits per heavy atom. The van der Waals surface area contributed by atoms with Crippen molar-refractivity contribution in [2.75, 3.05) is 18.8 Å². The van der Waals surface area contributed by atoms with E-state index in [1.807, 2.05) is 47.0 Å². The third kappa shape index (κ3) is 4.27. The van der Waals surface area contributed by atoms with Gasteiger partial charge in [-0.1, -0.05) is 35.9 Å². The number of hydrogen-bond donors (Lipinski definition) is 0. The van der Waals surface area contributed by atoms with Crippen LogP contribution in [0.2, 0.25) is 5.02 Å². The van der Waals surface area contributed by atoms with Crippen LogP contribution in [0.4, 0.5) is 0 Å². The van der Waals surface area contributed by atoms with Crippen LogP contribution in [-0.4, -0.2) is 34.6 Å². The molecule has 1 amide bonds. The average molecular weight is 347 g/mol. The molecule has 1 aromatic heterocycles. The second kappa shape index (κ2) is 7.84. The Kier molecular flexibility index (Phi) is 5.57. The normalized spacial score (nSPS) is 18.5. The van der Waals surface area contributed by atoms with Crippen LogP contribution in [0.1, 0.15) is 22.8 Å². The van der Waals surface area contributed by atoms with E-state index in [1.165, 1.54) is 5.56 Å². The molecule has 0 N–H and O–H groups in total. The van der Waals surface area contributed by atoms with E-state index in [-0.39, 0.29) is 5.91 Å². The molecule has 0 saturated carbocycles. The number of aromatic nitrogens is 1. The van der Waals surface area contributed by atoms with E-state index in [4.69, 9.17) is 11.6 Å². The zero-order valence-corrected chi connectivity index (χ0v) is 14.4. The maximum absolute atomic E-state index is 12.5. The topological polar surface area (TPSA) is 33.2 Å². The predicted molar refractivity (Wildman–Crippen MR) is 95.8 cm³/mol. The van der Waals surface area contributed by atoms with Crippen LogP contribution in [0.3, 0.4) is 0 Å². The average Bonchev–Trinajstić information content (AvgIpc) is 2.82. The lowest BCUT2D eigenvalue weighted by Crippen LogP contribution is -2.34. The van der Waals surface area contributed by atoms with Crippen LogP contribution in [0.25, 0.3) is 0 Å². The van der Waals surface area contributed by atoms with Gasteiger partial charge in [-0.25, -0.2) is 0 Å². The Balaban J connectivity index is 1.62. The third-order valence-electron chi connectivity index (χ3n) is 4.02. The molecular formula is C18H19ClN2OS. The number of pyridine rings is 1. The van der Waals surface area contributed by atoms with Crippen molar-refractivity contribution in [3.8, 4) is 0 Å². The molecule has 1 aliphatic rings. The number of nitrogens with zero attached hydrogens (tertiary/aromatic N) is 2. The van der Waals surface area contributed by atoms with Crippen LogP contribution < -0.4 is 0 Å². The maximum atomic E-state index is 12.5. The van der Waals surface area contributed by atoms with Crippen LogP contribution in [0.5, 0.6) is 0 Å². The first kappa shape index (κ1) is 16.3. The highest BCUT2D eigenvalue weighted by Crippen LogP contribution is 2.37. The molecule has 1 aliphatic heterocycles. The van der Waals surface area contributed by atoms with Crippen LogP contribution in [0.15, 0.2) is 48.8 Å². The second-order valence-corrected chi connectivity index (χ2v) is 7.31. The predicted octanol–water partition coefficient (Wildman–Crippen LogP) is 3.98. The number of rotatable bonds is 3. The molecule has 1 aromatic carbocycles. The van der Waals surface area contributed by atoms with Gasteiger partial charge in [0.2, 0.25) is 5.91 Å². The molecule has 1 saturated heterocycles. The number of hydrogen-bond acceptors (Lipinski definition) is 3. The van der Waals surface area contributed by atoms with E-state index in [0.717, 1.165) is 35.8 Å². The molecule has 2 aromatic rings. The first-order chi connectivity index (χ1) is 11.2. The number of benzene rings is 1. The van der Waals surface area contributed by atoms with E-state index >= 15 is 0 Å². The van der Waals surface area contributed by atoms with Gasteiger partial charge in [0.05, 0.1) is 6.42 Å². The highest BCUT2D eigenvalue weighted by Gasteiger charge is 2.23. The van der Waals surface area contributed by atoms with E-state index < -0.39 is 0 Å². The van der Waals surface area contributed by atoms with Gasteiger partial charge in [-0.15, -0.1) is 0 Å². The fourth-order valence-corrected chi connectivity index (χ4v) is 4.39. The Morgan fingerprint density at radius 3 is 2.91 bits per heavy atom. The fraction of sp³-hybridized carbons (Fsp3) is 0.333. The Morgan fingerprint density at radius 1 is 1.26 bits per heavy atom. The molecule has 0 spiro atoms. The first-order valence-corrected chi connectivity index (χ1v) is 9.19. The van der Waals surface area contributed by atoms with E-state index in [1.54, 1.807) is 12.4 Å². The van der Waals surface area contributed by atoms with Gasteiger partial charge < -0.3 is 4.90 Å². The molecule has 0 bridgehead atoms.